The van der Waals surface area contributed by atoms with Gasteiger partial charge in [-0.3, -0.25) is 14.6 Å². The highest BCUT2D eigenvalue weighted by molar-refractivity contribution is 8.13. The van der Waals surface area contributed by atoms with Gasteiger partial charge in [0.15, 0.2) is 0 Å². The van der Waals surface area contributed by atoms with E-state index in [1.54, 1.807) is 24.9 Å². The van der Waals surface area contributed by atoms with E-state index in [-0.39, 0.29) is 11.9 Å². The molecule has 1 unspecified atom stereocenters. The Hall–Kier alpha value is -1.63. The summed E-state index contributed by atoms with van der Waals surface area (Å²) in [5.41, 5.74) is 0. The first-order valence-electron chi connectivity index (χ1n) is 7.54. The summed E-state index contributed by atoms with van der Waals surface area (Å²) in [6, 6.07) is -0.852. The summed E-state index contributed by atoms with van der Waals surface area (Å²) >= 11 is 1.64. The van der Waals surface area contributed by atoms with Crippen molar-refractivity contribution in [1.82, 2.24) is 9.80 Å². The number of rotatable bonds is 6. The number of fused-ring (bicyclic) bond motifs is 1. The summed E-state index contributed by atoms with van der Waals surface area (Å²) in [6.07, 6.45) is 5.23. The second kappa shape index (κ2) is 7.09. The van der Waals surface area contributed by atoms with Crippen LogP contribution in [-0.2, 0) is 4.79 Å². The molecule has 0 aliphatic carbocycles. The average molecular weight is 323 g/mol. The van der Waals surface area contributed by atoms with Gasteiger partial charge in [-0.15, -0.1) is 0 Å². The van der Waals surface area contributed by atoms with Gasteiger partial charge in [0, 0.05) is 19.8 Å². The molecule has 1 fully saturated rings. The Kier molecular flexibility index (Phi) is 5.39. The molecule has 22 heavy (non-hydrogen) atoms. The molecule has 0 N–H and O–H groups in total. The lowest BCUT2D eigenvalue weighted by molar-refractivity contribution is -0.522. The molecule has 1 atom stereocenters. The van der Waals surface area contributed by atoms with Crippen molar-refractivity contribution in [3.05, 3.63) is 12.7 Å². The lowest BCUT2D eigenvalue weighted by Gasteiger charge is -2.30. The van der Waals surface area contributed by atoms with E-state index < -0.39 is 6.04 Å². The topological polar surface area (TPSA) is 56.0 Å². The second-order valence-electron chi connectivity index (χ2n) is 5.39. The number of unbranched alkanes of at least 4 members (excludes halogenated alkanes) is 2. The van der Waals surface area contributed by atoms with Crippen molar-refractivity contribution >= 4 is 34.7 Å². The Bertz CT molecular complexity index is 556. The van der Waals surface area contributed by atoms with Crippen LogP contribution in [0.2, 0.25) is 0 Å². The zero-order chi connectivity index (χ0) is 16.3. The van der Waals surface area contributed by atoms with Crippen LogP contribution in [0.1, 0.15) is 26.2 Å². The molecule has 0 radical (unpaired) electrons. The molecule has 1 saturated heterocycles. The number of nitrogens with zero attached hydrogens (tertiary/aromatic N) is 4. The van der Waals surface area contributed by atoms with Crippen molar-refractivity contribution in [2.24, 2.45) is 4.99 Å². The highest BCUT2D eigenvalue weighted by atomic mass is 32.2. The van der Waals surface area contributed by atoms with Gasteiger partial charge in [0.25, 0.3) is 17.8 Å². The fourth-order valence-electron chi connectivity index (χ4n) is 2.53. The zero-order valence-corrected chi connectivity index (χ0v) is 14.2. The summed E-state index contributed by atoms with van der Waals surface area (Å²) in [5, 5.41) is 0.805. The summed E-state index contributed by atoms with van der Waals surface area (Å²) in [7, 11) is 3.17. The standard InChI is InChI=1S/C15H23N4O2S/c1-5-7-8-10-22-14-16-12-11(19(14)9-6-2)13(20)18(4)15(21)17(12)3/h6,11H,2,5,7-10H2,1,3-4H3/q+1. The number of thioether (sulfide) groups is 1. The molecular formula is C15H23N4O2S+. The number of aliphatic imine (C=N–C) groups is 1. The summed E-state index contributed by atoms with van der Waals surface area (Å²) < 4.78 is 1.93. The maximum absolute atomic E-state index is 12.5. The molecule has 0 spiro atoms. The fraction of sp³-hybridized carbons (Fsp3) is 0.600. The Labute approximate surface area is 135 Å². The smallest absolute Gasteiger partial charge is 0.269 e. The first-order valence-corrected chi connectivity index (χ1v) is 8.52. The molecule has 0 aromatic heterocycles. The Morgan fingerprint density at radius 1 is 1.32 bits per heavy atom. The third-order valence-corrected chi connectivity index (χ3v) is 4.88. The SMILES string of the molecule is C=CC[N+]1=C(SCCCCC)N=C2C1C(=O)N(C)C(=O)N2C. The van der Waals surface area contributed by atoms with E-state index in [0.717, 1.165) is 22.2 Å². The number of likely N-dealkylation sites (N-methyl/N-ethyl adjacent to an activating group) is 2. The number of amides is 3. The second-order valence-corrected chi connectivity index (χ2v) is 6.45. The number of amidine groups is 2. The van der Waals surface area contributed by atoms with Crippen LogP contribution in [-0.4, -0.2) is 69.8 Å². The van der Waals surface area contributed by atoms with Crippen LogP contribution in [0.4, 0.5) is 4.79 Å². The average Bonchev–Trinajstić information content (AvgIpc) is 2.87. The third kappa shape index (κ3) is 2.95. The molecule has 2 rings (SSSR count). The van der Waals surface area contributed by atoms with Gasteiger partial charge in [-0.2, -0.15) is 0 Å². The van der Waals surface area contributed by atoms with Crippen molar-refractivity contribution < 1.29 is 14.2 Å². The molecule has 120 valence electrons. The minimum absolute atomic E-state index is 0.229. The van der Waals surface area contributed by atoms with Gasteiger partial charge >= 0.3 is 11.2 Å². The Morgan fingerprint density at radius 3 is 2.68 bits per heavy atom. The van der Waals surface area contributed by atoms with E-state index in [0.29, 0.717) is 12.4 Å². The molecule has 2 heterocycles. The van der Waals surface area contributed by atoms with E-state index >= 15 is 0 Å². The fourth-order valence-corrected chi connectivity index (χ4v) is 3.56. The van der Waals surface area contributed by atoms with Crippen LogP contribution in [0.25, 0.3) is 0 Å². The molecule has 3 amide bonds. The first-order chi connectivity index (χ1) is 10.5. The predicted molar refractivity (Wildman–Crippen MR) is 89.5 cm³/mol. The molecule has 0 aromatic carbocycles. The molecule has 0 bridgehead atoms. The van der Waals surface area contributed by atoms with Crippen molar-refractivity contribution in [1.29, 1.82) is 0 Å². The van der Waals surface area contributed by atoms with Crippen LogP contribution < -0.4 is 0 Å². The number of hydrogen-bond donors (Lipinski definition) is 0. The minimum Gasteiger partial charge on any atom is -0.269 e. The quantitative estimate of drug-likeness (QED) is 0.425. The van der Waals surface area contributed by atoms with Gasteiger partial charge in [-0.1, -0.05) is 32.4 Å². The number of carbonyl (C=O) groups excluding carboxylic acids is 2. The summed E-state index contributed by atoms with van der Waals surface area (Å²) in [6.45, 7) is 6.47. The number of hydrogen-bond acceptors (Lipinski definition) is 4. The highest BCUT2D eigenvalue weighted by Gasteiger charge is 2.52. The van der Waals surface area contributed by atoms with Gasteiger partial charge in [0.2, 0.25) is 0 Å². The largest absolute Gasteiger partial charge is 0.358 e. The van der Waals surface area contributed by atoms with Gasteiger partial charge in [-0.05, 0) is 23.2 Å². The van der Waals surface area contributed by atoms with Crippen molar-refractivity contribution in [3.8, 4) is 0 Å². The summed E-state index contributed by atoms with van der Waals surface area (Å²) in [5.74, 6) is 1.25. The van der Waals surface area contributed by atoms with Gasteiger partial charge in [-0.25, -0.2) is 9.37 Å². The monoisotopic (exact) mass is 323 g/mol. The summed E-state index contributed by atoms with van der Waals surface area (Å²) in [4.78, 5) is 31.7. The maximum Gasteiger partial charge on any atom is 0.358 e. The number of urea groups is 1. The van der Waals surface area contributed by atoms with Crippen LogP contribution in [0.3, 0.4) is 0 Å². The van der Waals surface area contributed by atoms with Crippen molar-refractivity contribution in [3.63, 3.8) is 0 Å². The molecule has 7 heteroatoms. The van der Waals surface area contributed by atoms with E-state index in [1.165, 1.54) is 24.8 Å². The van der Waals surface area contributed by atoms with E-state index in [2.05, 4.69) is 18.5 Å². The molecule has 6 nitrogen and oxygen atoms in total. The molecule has 0 aromatic rings. The number of carbonyl (C=O) groups is 2. The normalized spacial score (nSPS) is 21.4. The van der Waals surface area contributed by atoms with Gasteiger partial charge in [0.1, 0.15) is 6.54 Å². The van der Waals surface area contributed by atoms with Crippen LogP contribution in [0.15, 0.2) is 17.6 Å². The third-order valence-electron chi connectivity index (χ3n) is 3.80. The van der Waals surface area contributed by atoms with Crippen molar-refractivity contribution in [2.75, 3.05) is 26.4 Å². The van der Waals surface area contributed by atoms with Crippen LogP contribution >= 0.6 is 11.8 Å². The lowest BCUT2D eigenvalue weighted by Crippen LogP contribution is -2.61. The van der Waals surface area contributed by atoms with E-state index in [4.69, 9.17) is 0 Å². The Morgan fingerprint density at radius 2 is 2.05 bits per heavy atom. The minimum atomic E-state index is -0.514. The van der Waals surface area contributed by atoms with Crippen molar-refractivity contribution in [2.45, 2.75) is 32.2 Å². The van der Waals surface area contributed by atoms with Gasteiger partial charge < -0.3 is 0 Å². The van der Waals surface area contributed by atoms with Crippen LogP contribution in [0.5, 0.6) is 0 Å². The first kappa shape index (κ1) is 16.7. The van der Waals surface area contributed by atoms with Crippen LogP contribution in [0, 0.1) is 0 Å². The Balaban J connectivity index is 2.26. The molecule has 2 aliphatic heterocycles. The lowest BCUT2D eigenvalue weighted by atomic mass is 10.1. The van der Waals surface area contributed by atoms with E-state index in [9.17, 15) is 9.59 Å². The van der Waals surface area contributed by atoms with Gasteiger partial charge in [0.05, 0.1) is 0 Å². The molecule has 2 aliphatic rings. The predicted octanol–water partition coefficient (Wildman–Crippen LogP) is 1.77. The zero-order valence-electron chi connectivity index (χ0n) is 13.4. The molecular weight excluding hydrogens is 300 g/mol. The molecule has 0 saturated carbocycles. The highest BCUT2D eigenvalue weighted by Crippen LogP contribution is 2.23. The number of imide groups is 1. The maximum atomic E-state index is 12.5. The van der Waals surface area contributed by atoms with E-state index in [1.807, 2.05) is 4.58 Å².